The number of para-hydroxylation sites is 2. The van der Waals surface area contributed by atoms with Crippen LogP contribution in [-0.2, 0) is 17.9 Å². The van der Waals surface area contributed by atoms with E-state index in [-0.39, 0.29) is 19.0 Å². The van der Waals surface area contributed by atoms with Gasteiger partial charge in [-0.05, 0) is 19.1 Å². The highest BCUT2D eigenvalue weighted by Crippen LogP contribution is 2.09. The molecular weight excluding hydrogens is 298 g/mol. The van der Waals surface area contributed by atoms with Gasteiger partial charge in [-0.15, -0.1) is 0 Å². The third kappa shape index (κ3) is 3.20. The summed E-state index contributed by atoms with van der Waals surface area (Å²) in [5.41, 5.74) is 1.02. The van der Waals surface area contributed by atoms with Crippen molar-refractivity contribution in [2.24, 2.45) is 0 Å². The van der Waals surface area contributed by atoms with Gasteiger partial charge in [0.1, 0.15) is 12.4 Å². The molecule has 0 radical (unpaired) electrons. The molecule has 2 aromatic heterocycles. The zero-order valence-corrected chi connectivity index (χ0v) is 12.4. The number of hydrogen-bond acceptors (Lipinski definition) is 4. The molecule has 1 aromatic carbocycles. The highest BCUT2D eigenvalue weighted by atomic mass is 16.2. The van der Waals surface area contributed by atoms with E-state index in [2.05, 4.69) is 20.3 Å². The lowest BCUT2D eigenvalue weighted by atomic mass is 10.3. The van der Waals surface area contributed by atoms with Crippen LogP contribution in [0.5, 0.6) is 0 Å². The van der Waals surface area contributed by atoms with Gasteiger partial charge in [0.15, 0.2) is 0 Å². The van der Waals surface area contributed by atoms with E-state index in [1.807, 2.05) is 24.3 Å². The average Bonchev–Trinajstić information content (AvgIpc) is 2.93. The van der Waals surface area contributed by atoms with Crippen molar-refractivity contribution in [1.29, 1.82) is 0 Å². The number of hydrogen-bond donors (Lipinski definition) is 3. The number of nitrogens with one attached hydrogen (secondary N) is 3. The summed E-state index contributed by atoms with van der Waals surface area (Å²) < 4.78 is 1.16. The van der Waals surface area contributed by atoms with E-state index in [1.165, 1.54) is 6.20 Å². The Balaban J connectivity index is 1.67. The molecule has 0 aliphatic carbocycles. The maximum absolute atomic E-state index is 11.9. The summed E-state index contributed by atoms with van der Waals surface area (Å²) in [6.45, 7) is 1.63. The molecule has 1 amide bonds. The number of carbonyl (C=O) groups is 1. The highest BCUT2D eigenvalue weighted by molar-refractivity contribution is 5.76. The van der Waals surface area contributed by atoms with E-state index >= 15 is 0 Å². The Bertz CT molecular complexity index is 949. The highest BCUT2D eigenvalue weighted by Gasteiger charge is 2.08. The fourth-order valence-electron chi connectivity index (χ4n) is 2.22. The van der Waals surface area contributed by atoms with E-state index < -0.39 is 11.2 Å². The Hall–Kier alpha value is -3.16. The first kappa shape index (κ1) is 14.8. The first-order chi connectivity index (χ1) is 11.0. The van der Waals surface area contributed by atoms with Crippen LogP contribution in [0.15, 0.2) is 40.1 Å². The number of fused-ring (bicyclic) bond motifs is 1. The molecule has 8 nitrogen and oxygen atoms in total. The Morgan fingerprint density at radius 1 is 1.26 bits per heavy atom. The van der Waals surface area contributed by atoms with E-state index in [0.717, 1.165) is 15.6 Å². The molecule has 0 saturated heterocycles. The van der Waals surface area contributed by atoms with Crippen molar-refractivity contribution >= 4 is 16.9 Å². The van der Waals surface area contributed by atoms with E-state index in [0.29, 0.717) is 11.4 Å². The maximum Gasteiger partial charge on any atom is 0.328 e. The summed E-state index contributed by atoms with van der Waals surface area (Å²) in [6, 6.07) is 7.56. The van der Waals surface area contributed by atoms with Crippen LogP contribution in [0.4, 0.5) is 0 Å². The van der Waals surface area contributed by atoms with Gasteiger partial charge in [0.2, 0.25) is 5.91 Å². The lowest BCUT2D eigenvalue weighted by Gasteiger charge is -2.06. The standard InChI is InChI=1S/C15H15N5O3/c1-9-7-20(15(23)19-14(9)22)8-13(21)16-6-12-17-10-4-2-3-5-11(10)18-12/h2-5,7H,6,8H2,1H3,(H,16,21)(H,17,18)(H,19,22,23). The number of nitrogens with zero attached hydrogens (tertiary/aromatic N) is 2. The van der Waals surface area contributed by atoms with E-state index in [9.17, 15) is 14.4 Å². The Morgan fingerprint density at radius 2 is 2.04 bits per heavy atom. The fraction of sp³-hybridized carbons (Fsp3) is 0.200. The van der Waals surface area contributed by atoms with Crippen LogP contribution >= 0.6 is 0 Å². The summed E-state index contributed by atoms with van der Waals surface area (Å²) in [5.74, 6) is 0.281. The molecule has 0 atom stereocenters. The lowest BCUT2D eigenvalue weighted by molar-refractivity contribution is -0.121. The van der Waals surface area contributed by atoms with Gasteiger partial charge >= 0.3 is 5.69 Å². The van der Waals surface area contributed by atoms with Crippen LogP contribution in [0.25, 0.3) is 11.0 Å². The number of H-pyrrole nitrogens is 2. The molecule has 3 N–H and O–H groups in total. The molecule has 0 bridgehead atoms. The zero-order chi connectivity index (χ0) is 16.4. The van der Waals surface area contributed by atoms with Crippen LogP contribution in [0.3, 0.4) is 0 Å². The second-order valence-corrected chi connectivity index (χ2v) is 5.18. The van der Waals surface area contributed by atoms with Gasteiger partial charge in [-0.25, -0.2) is 9.78 Å². The number of rotatable bonds is 4. The predicted octanol–water partition coefficient (Wildman–Crippen LogP) is 0.0377. The summed E-state index contributed by atoms with van der Waals surface area (Å²) in [6.07, 6.45) is 1.36. The van der Waals surface area contributed by atoms with Crippen molar-refractivity contribution in [1.82, 2.24) is 24.8 Å². The zero-order valence-electron chi connectivity index (χ0n) is 12.4. The largest absolute Gasteiger partial charge is 0.347 e. The van der Waals surface area contributed by atoms with Gasteiger partial charge in [0.25, 0.3) is 5.56 Å². The SMILES string of the molecule is Cc1cn(CC(=O)NCc2nc3ccccc3[nH]2)c(=O)[nH]c1=O. The first-order valence-electron chi connectivity index (χ1n) is 7.03. The number of aromatic nitrogens is 4. The van der Waals surface area contributed by atoms with Crippen molar-refractivity contribution in [2.75, 3.05) is 0 Å². The summed E-state index contributed by atoms with van der Waals surface area (Å²) in [7, 11) is 0. The number of benzene rings is 1. The number of carbonyl (C=O) groups excluding carboxylic acids is 1. The van der Waals surface area contributed by atoms with Crippen LogP contribution in [-0.4, -0.2) is 25.4 Å². The molecule has 0 fully saturated rings. The van der Waals surface area contributed by atoms with Gasteiger partial charge in [-0.1, -0.05) is 12.1 Å². The molecule has 0 unspecified atom stereocenters. The minimum atomic E-state index is -0.612. The van der Waals surface area contributed by atoms with Crippen molar-refractivity contribution in [3.8, 4) is 0 Å². The topological polar surface area (TPSA) is 113 Å². The van der Waals surface area contributed by atoms with Crippen molar-refractivity contribution < 1.29 is 4.79 Å². The van der Waals surface area contributed by atoms with Crippen molar-refractivity contribution in [3.05, 3.63) is 62.7 Å². The van der Waals surface area contributed by atoms with Gasteiger partial charge in [-0.3, -0.25) is 19.1 Å². The Kier molecular flexibility index (Phi) is 3.80. The molecule has 118 valence electrons. The molecule has 0 aliphatic heterocycles. The molecular formula is C15H15N5O3. The Morgan fingerprint density at radius 3 is 2.83 bits per heavy atom. The smallest absolute Gasteiger partial charge is 0.328 e. The Labute approximate surface area is 130 Å². The third-order valence-corrected chi connectivity index (χ3v) is 3.39. The summed E-state index contributed by atoms with van der Waals surface area (Å²) in [5, 5.41) is 2.69. The number of imidazole rings is 1. The van der Waals surface area contributed by atoms with Crippen LogP contribution in [0.2, 0.25) is 0 Å². The van der Waals surface area contributed by atoms with Crippen molar-refractivity contribution in [3.63, 3.8) is 0 Å². The summed E-state index contributed by atoms with van der Waals surface area (Å²) in [4.78, 5) is 44.5. The molecule has 3 rings (SSSR count). The van der Waals surface area contributed by atoms with Crippen LogP contribution in [0, 0.1) is 6.92 Å². The quantitative estimate of drug-likeness (QED) is 0.631. The fourth-order valence-corrected chi connectivity index (χ4v) is 2.22. The van der Waals surface area contributed by atoms with Crippen LogP contribution < -0.4 is 16.6 Å². The van der Waals surface area contributed by atoms with Gasteiger partial charge in [0.05, 0.1) is 17.6 Å². The second-order valence-electron chi connectivity index (χ2n) is 5.18. The first-order valence-corrected chi connectivity index (χ1v) is 7.03. The molecule has 2 heterocycles. The predicted molar refractivity (Wildman–Crippen MR) is 84.0 cm³/mol. The minimum absolute atomic E-state index is 0.170. The maximum atomic E-state index is 11.9. The number of aromatic amines is 2. The summed E-state index contributed by atoms with van der Waals surface area (Å²) >= 11 is 0. The van der Waals surface area contributed by atoms with Gasteiger partial charge in [0, 0.05) is 11.8 Å². The monoisotopic (exact) mass is 313 g/mol. The normalized spacial score (nSPS) is 10.8. The van der Waals surface area contributed by atoms with Gasteiger partial charge < -0.3 is 10.3 Å². The molecule has 3 aromatic rings. The minimum Gasteiger partial charge on any atom is -0.347 e. The number of amides is 1. The molecule has 0 saturated carbocycles. The average molecular weight is 313 g/mol. The van der Waals surface area contributed by atoms with Gasteiger partial charge in [-0.2, -0.15) is 0 Å². The third-order valence-electron chi connectivity index (χ3n) is 3.39. The lowest BCUT2D eigenvalue weighted by Crippen LogP contribution is -2.36. The molecule has 0 spiro atoms. The molecule has 8 heteroatoms. The van der Waals surface area contributed by atoms with E-state index in [1.54, 1.807) is 6.92 Å². The molecule has 23 heavy (non-hydrogen) atoms. The number of aryl methyl sites for hydroxylation is 1. The van der Waals surface area contributed by atoms with Crippen LogP contribution in [0.1, 0.15) is 11.4 Å². The second kappa shape index (κ2) is 5.91. The van der Waals surface area contributed by atoms with Crippen molar-refractivity contribution in [2.45, 2.75) is 20.0 Å². The molecule has 0 aliphatic rings. The van der Waals surface area contributed by atoms with E-state index in [4.69, 9.17) is 0 Å².